The normalized spacial score (nSPS) is 19.6. The van der Waals surface area contributed by atoms with Gasteiger partial charge in [0, 0.05) is 31.1 Å². The van der Waals surface area contributed by atoms with Gasteiger partial charge in [-0.15, -0.1) is 11.3 Å². The van der Waals surface area contributed by atoms with Gasteiger partial charge in [-0.1, -0.05) is 24.3 Å². The maximum absolute atomic E-state index is 12.9. The summed E-state index contributed by atoms with van der Waals surface area (Å²) in [7, 11) is -3.38. The zero-order valence-corrected chi connectivity index (χ0v) is 13.9. The van der Waals surface area contributed by atoms with Gasteiger partial charge in [-0.3, -0.25) is 0 Å². The van der Waals surface area contributed by atoms with Crippen LogP contribution in [0.25, 0.3) is 0 Å². The van der Waals surface area contributed by atoms with E-state index in [0.717, 1.165) is 24.0 Å². The van der Waals surface area contributed by atoms with Gasteiger partial charge in [-0.05, 0) is 41.0 Å². The molecule has 0 atom stereocenters. The van der Waals surface area contributed by atoms with E-state index >= 15 is 0 Å². The van der Waals surface area contributed by atoms with Crippen molar-refractivity contribution in [3.63, 3.8) is 0 Å². The van der Waals surface area contributed by atoms with Crippen LogP contribution in [-0.2, 0) is 36.1 Å². The Balaban J connectivity index is 1.58. The second-order valence-electron chi connectivity index (χ2n) is 5.81. The van der Waals surface area contributed by atoms with Crippen molar-refractivity contribution in [2.24, 2.45) is 0 Å². The molecule has 1 aromatic carbocycles. The minimum absolute atomic E-state index is 0.492. The second-order valence-corrected chi connectivity index (χ2v) is 8.74. The fraction of sp³-hybridized carbons (Fsp3) is 0.375. The maximum Gasteiger partial charge on any atom is 0.282 e. The van der Waals surface area contributed by atoms with E-state index in [0.29, 0.717) is 26.2 Å². The van der Waals surface area contributed by atoms with E-state index in [4.69, 9.17) is 0 Å². The van der Waals surface area contributed by atoms with Crippen LogP contribution in [0.15, 0.2) is 35.7 Å². The number of rotatable bonds is 2. The molecule has 0 unspecified atom stereocenters. The molecule has 3 heterocycles. The molecule has 0 radical (unpaired) electrons. The number of hydrogen-bond acceptors (Lipinski definition) is 3. The Bertz CT molecular complexity index is 798. The average molecular weight is 334 g/mol. The lowest BCUT2D eigenvalue weighted by atomic mass is 10.0. The highest BCUT2D eigenvalue weighted by molar-refractivity contribution is 7.86. The van der Waals surface area contributed by atoms with E-state index in [1.54, 1.807) is 19.9 Å². The molecule has 116 valence electrons. The lowest BCUT2D eigenvalue weighted by Crippen LogP contribution is -2.47. The first-order chi connectivity index (χ1) is 10.6. The minimum Gasteiger partial charge on any atom is -0.195 e. The van der Waals surface area contributed by atoms with Crippen LogP contribution in [0.4, 0.5) is 0 Å². The van der Waals surface area contributed by atoms with E-state index in [2.05, 4.69) is 11.4 Å². The van der Waals surface area contributed by atoms with Crippen LogP contribution in [0.1, 0.15) is 21.6 Å². The van der Waals surface area contributed by atoms with Gasteiger partial charge in [0.1, 0.15) is 0 Å². The fourth-order valence-electron chi connectivity index (χ4n) is 3.25. The predicted octanol–water partition coefficient (Wildman–Crippen LogP) is 2.41. The molecule has 22 heavy (non-hydrogen) atoms. The molecular formula is C16H18N2O2S2. The van der Waals surface area contributed by atoms with Crippen LogP contribution < -0.4 is 0 Å². The molecule has 0 fully saturated rings. The van der Waals surface area contributed by atoms with Gasteiger partial charge in [0.05, 0.1) is 0 Å². The zero-order chi connectivity index (χ0) is 15.2. The SMILES string of the molecule is O=S(=O)(N1CCc2ccccc2C1)N1CCc2sccc2C1. The molecule has 6 heteroatoms. The summed E-state index contributed by atoms with van der Waals surface area (Å²) in [4.78, 5) is 1.33. The fourth-order valence-corrected chi connectivity index (χ4v) is 5.71. The second kappa shape index (κ2) is 5.45. The summed E-state index contributed by atoms with van der Waals surface area (Å²) in [5.74, 6) is 0. The molecule has 2 aliphatic heterocycles. The van der Waals surface area contributed by atoms with Crippen molar-refractivity contribution in [1.29, 1.82) is 0 Å². The van der Waals surface area contributed by atoms with E-state index in [9.17, 15) is 8.42 Å². The summed E-state index contributed by atoms with van der Waals surface area (Å²) < 4.78 is 29.1. The Hall–Kier alpha value is -1.21. The van der Waals surface area contributed by atoms with Gasteiger partial charge in [0.2, 0.25) is 0 Å². The lowest BCUT2D eigenvalue weighted by Gasteiger charge is -2.34. The first-order valence-electron chi connectivity index (χ1n) is 7.52. The quantitative estimate of drug-likeness (QED) is 0.846. The zero-order valence-electron chi connectivity index (χ0n) is 12.2. The average Bonchev–Trinajstić information content (AvgIpc) is 3.02. The maximum atomic E-state index is 12.9. The summed E-state index contributed by atoms with van der Waals surface area (Å²) in [5.41, 5.74) is 3.57. The first-order valence-corrected chi connectivity index (χ1v) is 9.79. The summed E-state index contributed by atoms with van der Waals surface area (Å²) in [6.45, 7) is 2.17. The van der Waals surface area contributed by atoms with Gasteiger partial charge >= 0.3 is 0 Å². The minimum atomic E-state index is -3.38. The Labute approximate surface area is 135 Å². The number of fused-ring (bicyclic) bond motifs is 2. The first kappa shape index (κ1) is 14.4. The summed E-state index contributed by atoms with van der Waals surface area (Å²) in [5, 5.41) is 2.05. The predicted molar refractivity (Wildman–Crippen MR) is 87.9 cm³/mol. The van der Waals surface area contributed by atoms with Crippen molar-refractivity contribution in [2.75, 3.05) is 13.1 Å². The molecule has 2 aromatic rings. The van der Waals surface area contributed by atoms with E-state index in [1.807, 2.05) is 24.3 Å². The Morgan fingerprint density at radius 2 is 1.55 bits per heavy atom. The Morgan fingerprint density at radius 3 is 2.36 bits per heavy atom. The molecular weight excluding hydrogens is 316 g/mol. The molecule has 0 bridgehead atoms. The monoisotopic (exact) mass is 334 g/mol. The van der Waals surface area contributed by atoms with Crippen LogP contribution in [0.5, 0.6) is 0 Å². The van der Waals surface area contributed by atoms with Crippen LogP contribution in [0.3, 0.4) is 0 Å². The van der Waals surface area contributed by atoms with Crippen molar-refractivity contribution in [3.05, 3.63) is 57.3 Å². The highest BCUT2D eigenvalue weighted by atomic mass is 32.2. The molecule has 2 aliphatic rings. The summed E-state index contributed by atoms with van der Waals surface area (Å²) >= 11 is 1.73. The third-order valence-corrected chi connectivity index (χ3v) is 7.47. The molecule has 4 nitrogen and oxygen atoms in total. The van der Waals surface area contributed by atoms with Crippen LogP contribution >= 0.6 is 11.3 Å². The van der Waals surface area contributed by atoms with Gasteiger partial charge in [-0.2, -0.15) is 17.0 Å². The molecule has 0 amide bonds. The van der Waals surface area contributed by atoms with Crippen LogP contribution in [-0.4, -0.2) is 30.1 Å². The molecule has 4 rings (SSSR count). The van der Waals surface area contributed by atoms with Crippen molar-refractivity contribution >= 4 is 21.5 Å². The van der Waals surface area contributed by atoms with Crippen molar-refractivity contribution in [1.82, 2.24) is 8.61 Å². The molecule has 1 aromatic heterocycles. The summed E-state index contributed by atoms with van der Waals surface area (Å²) in [6, 6.07) is 10.2. The molecule has 0 spiro atoms. The van der Waals surface area contributed by atoms with Gasteiger partial charge in [-0.25, -0.2) is 0 Å². The van der Waals surface area contributed by atoms with E-state index < -0.39 is 10.2 Å². The van der Waals surface area contributed by atoms with Gasteiger partial charge in [0.25, 0.3) is 10.2 Å². The van der Waals surface area contributed by atoms with E-state index in [1.165, 1.54) is 10.4 Å². The number of benzene rings is 1. The number of thiophene rings is 1. The largest absolute Gasteiger partial charge is 0.282 e. The number of hydrogen-bond donors (Lipinski definition) is 0. The molecule has 0 saturated carbocycles. The lowest BCUT2D eigenvalue weighted by molar-refractivity contribution is 0.315. The third kappa shape index (κ3) is 2.40. The molecule has 0 N–H and O–H groups in total. The molecule has 0 saturated heterocycles. The highest BCUT2D eigenvalue weighted by Crippen LogP contribution is 2.28. The summed E-state index contributed by atoms with van der Waals surface area (Å²) in [6.07, 6.45) is 1.63. The smallest absolute Gasteiger partial charge is 0.195 e. The van der Waals surface area contributed by atoms with Gasteiger partial charge < -0.3 is 0 Å². The Kier molecular flexibility index (Phi) is 3.57. The Morgan fingerprint density at radius 1 is 0.864 bits per heavy atom. The van der Waals surface area contributed by atoms with Crippen molar-refractivity contribution in [2.45, 2.75) is 25.9 Å². The molecule has 0 aliphatic carbocycles. The van der Waals surface area contributed by atoms with Gasteiger partial charge in [0.15, 0.2) is 0 Å². The standard InChI is InChI=1S/C16H18N2O2S2/c19-22(20,18-9-6-16-15(12-18)7-10-21-16)17-8-5-13-3-1-2-4-14(13)11-17/h1-4,7,10H,5-6,8-9,11-12H2. The topological polar surface area (TPSA) is 40.6 Å². The van der Waals surface area contributed by atoms with Crippen LogP contribution in [0.2, 0.25) is 0 Å². The highest BCUT2D eigenvalue weighted by Gasteiger charge is 2.34. The third-order valence-electron chi connectivity index (χ3n) is 4.52. The number of nitrogens with zero attached hydrogens (tertiary/aromatic N) is 2. The van der Waals surface area contributed by atoms with Crippen LogP contribution in [0, 0.1) is 0 Å². The van der Waals surface area contributed by atoms with E-state index in [-0.39, 0.29) is 0 Å². The van der Waals surface area contributed by atoms with Crippen molar-refractivity contribution < 1.29 is 8.42 Å². The van der Waals surface area contributed by atoms with Crippen molar-refractivity contribution in [3.8, 4) is 0 Å².